The maximum Gasteiger partial charge on any atom is 0.159 e. The molecular weight excluding hydrogens is 851 g/mol. The Labute approximate surface area is 409 Å². The van der Waals surface area contributed by atoms with E-state index in [0.717, 1.165) is 75.0 Å². The molecule has 0 radical (unpaired) electrons. The smallest absolute Gasteiger partial charge is 0.159 e. The molecule has 0 saturated carbocycles. The highest BCUT2D eigenvalue weighted by molar-refractivity contribution is 6.14. The number of benzene rings is 5. The molecule has 338 valence electrons. The van der Waals surface area contributed by atoms with E-state index in [9.17, 15) is 0 Å². The molecule has 7 aliphatic carbocycles. The van der Waals surface area contributed by atoms with Crippen LogP contribution in [-0.2, 0) is 12.8 Å². The first-order valence-corrected chi connectivity index (χ1v) is 25.7. The Morgan fingerprint density at radius 3 is 2.46 bits per heavy atom. The first kappa shape index (κ1) is 40.2. The predicted octanol–water partition coefficient (Wildman–Crippen LogP) is 12.8. The second kappa shape index (κ2) is 15.9. The minimum atomic E-state index is -0.205. The fraction of sp³-hybridized carbons (Fsp3) is 0.200. The van der Waals surface area contributed by atoms with Crippen molar-refractivity contribution in [2.24, 2.45) is 15.9 Å². The van der Waals surface area contributed by atoms with E-state index in [-0.39, 0.29) is 24.0 Å². The van der Waals surface area contributed by atoms with Gasteiger partial charge in [-0.05, 0) is 131 Å². The molecule has 4 unspecified atom stereocenters. The van der Waals surface area contributed by atoms with E-state index in [2.05, 4.69) is 197 Å². The van der Waals surface area contributed by atoms with Crippen LogP contribution >= 0.6 is 0 Å². The highest BCUT2D eigenvalue weighted by Crippen LogP contribution is 2.56. The van der Waals surface area contributed by atoms with Gasteiger partial charge in [-0.25, -0.2) is 9.98 Å². The molecule has 3 heterocycles. The van der Waals surface area contributed by atoms with Gasteiger partial charge in [0, 0.05) is 56.5 Å². The van der Waals surface area contributed by atoms with Crippen molar-refractivity contribution in [3.63, 3.8) is 0 Å². The van der Waals surface area contributed by atoms with Crippen LogP contribution in [0.1, 0.15) is 102 Å². The lowest BCUT2D eigenvalue weighted by Gasteiger charge is -2.39. The molecule has 9 aliphatic rings. The maximum absolute atomic E-state index is 5.46. The molecule has 1 N–H and O–H groups in total. The summed E-state index contributed by atoms with van der Waals surface area (Å²) in [6, 6.07) is 42.5. The lowest BCUT2D eigenvalue weighted by molar-refractivity contribution is 0.638. The molecular formula is C65H53N5. The molecule has 0 amide bonds. The van der Waals surface area contributed by atoms with Crippen molar-refractivity contribution in [3.8, 4) is 0 Å². The lowest BCUT2D eigenvalue weighted by atomic mass is 9.80. The molecule has 5 aromatic carbocycles. The van der Waals surface area contributed by atoms with Gasteiger partial charge in [-0.2, -0.15) is 0 Å². The van der Waals surface area contributed by atoms with Crippen LogP contribution in [0.5, 0.6) is 0 Å². The van der Waals surface area contributed by atoms with Crippen LogP contribution in [0.4, 0.5) is 5.69 Å². The number of anilines is 1. The Balaban J connectivity index is 0.911. The van der Waals surface area contributed by atoms with Gasteiger partial charge in [-0.3, -0.25) is 0 Å². The molecule has 0 bridgehead atoms. The molecule has 0 fully saturated rings. The van der Waals surface area contributed by atoms with E-state index < -0.39 is 0 Å². The zero-order chi connectivity index (χ0) is 45.9. The minimum absolute atomic E-state index is 0.187. The third kappa shape index (κ3) is 6.09. The number of nitrogens with one attached hydrogen (secondary N) is 1. The van der Waals surface area contributed by atoms with Crippen LogP contribution in [-0.4, -0.2) is 22.4 Å². The van der Waals surface area contributed by atoms with Gasteiger partial charge in [-0.1, -0.05) is 170 Å². The number of rotatable bonds is 5. The van der Waals surface area contributed by atoms with E-state index in [1.165, 1.54) is 105 Å². The van der Waals surface area contributed by atoms with Crippen molar-refractivity contribution in [2.45, 2.75) is 75.9 Å². The summed E-state index contributed by atoms with van der Waals surface area (Å²) in [6.07, 6.45) is 35.3. The zero-order valence-corrected chi connectivity index (χ0v) is 39.3. The van der Waals surface area contributed by atoms with E-state index >= 15 is 0 Å². The maximum atomic E-state index is 5.46. The van der Waals surface area contributed by atoms with Gasteiger partial charge >= 0.3 is 0 Å². The summed E-state index contributed by atoms with van der Waals surface area (Å²) in [5.41, 5.74) is 22.0. The Bertz CT molecular complexity index is 3740. The first-order chi connectivity index (χ1) is 34.7. The molecule has 5 heteroatoms. The van der Waals surface area contributed by atoms with Crippen LogP contribution in [0.2, 0.25) is 0 Å². The highest BCUT2D eigenvalue weighted by atomic mass is 15.2. The van der Waals surface area contributed by atoms with Gasteiger partial charge in [0.25, 0.3) is 0 Å². The number of hydrogen-bond donors (Lipinski definition) is 1. The van der Waals surface area contributed by atoms with Crippen molar-refractivity contribution < 1.29 is 0 Å². The van der Waals surface area contributed by atoms with Gasteiger partial charge in [0.15, 0.2) is 5.84 Å². The Kier molecular flexibility index (Phi) is 9.12. The highest BCUT2D eigenvalue weighted by Gasteiger charge is 2.45. The molecule has 4 atom stereocenters. The van der Waals surface area contributed by atoms with Gasteiger partial charge in [0.1, 0.15) is 12.0 Å². The number of fused-ring (bicyclic) bond motifs is 13. The van der Waals surface area contributed by atoms with Crippen LogP contribution < -0.4 is 20.8 Å². The number of amidine groups is 2. The Hall–Kier alpha value is -7.76. The monoisotopic (exact) mass is 903 g/mol. The normalized spacial score (nSPS) is 23.4. The average molecular weight is 904 g/mol. The Morgan fingerprint density at radius 2 is 1.50 bits per heavy atom. The second-order valence-electron chi connectivity index (χ2n) is 20.4. The van der Waals surface area contributed by atoms with Gasteiger partial charge in [0.05, 0.1) is 11.4 Å². The third-order valence-corrected chi connectivity index (χ3v) is 16.7. The van der Waals surface area contributed by atoms with Crippen LogP contribution in [0.3, 0.4) is 0 Å². The first-order valence-electron chi connectivity index (χ1n) is 25.7. The summed E-state index contributed by atoms with van der Waals surface area (Å²) in [5, 5.41) is 9.43. The van der Waals surface area contributed by atoms with Gasteiger partial charge < -0.3 is 14.8 Å². The third-order valence-electron chi connectivity index (χ3n) is 16.7. The quantitative estimate of drug-likeness (QED) is 0.187. The predicted molar refractivity (Wildman–Crippen MR) is 290 cm³/mol. The molecule has 1 aromatic heterocycles. The number of hydrogen-bond acceptors (Lipinski definition) is 4. The Morgan fingerprint density at radius 1 is 0.657 bits per heavy atom. The number of allylic oxidation sites excluding steroid dienone is 9. The van der Waals surface area contributed by atoms with Crippen molar-refractivity contribution in [1.82, 2.24) is 9.88 Å². The SMILES string of the molecule is C1=CCC2C(=C1)C=c1c(c3c(n1C1=C4CCC=CC4=C(C4=NC(c5ccccc5)=NC(C5=Cc6ccc7ccccc7c6CC5)N4)CC1)CCC=C3)=C2N1c2ccccc2C2C=Cc3ccccc3C21. The molecule has 15 rings (SSSR count). The summed E-state index contributed by atoms with van der Waals surface area (Å²) >= 11 is 0. The van der Waals surface area contributed by atoms with E-state index in [1.54, 1.807) is 0 Å². The fourth-order valence-electron chi connectivity index (χ4n) is 13.6. The van der Waals surface area contributed by atoms with Crippen molar-refractivity contribution in [1.29, 1.82) is 0 Å². The van der Waals surface area contributed by atoms with Crippen molar-refractivity contribution in [3.05, 3.63) is 241 Å². The van der Waals surface area contributed by atoms with E-state index in [0.29, 0.717) is 0 Å². The molecule has 6 aromatic rings. The standard InChI is InChI=1S/C65H53N5/c1-2-18-42(19-3-1)63-66-64(45-33-34-47-44(38-45)31-30-40-16-4-7-21-46(40)47)68-65(67-63)54-36-37-58(51-25-11-10-24-50(51)54)69-57-29-15-13-27-55(57)60-59(69)39-43-20-6-9-23-49(43)62(60)70-56-28-14-12-26-52(56)53-35-32-41-17-5-8-22-48(41)61(53)70/h1-10,12-14,16-22,24,26-28,30-32,35,38-39,49,53,61,64H,11,15,23,25,29,33-34,36-37H2,(H,66,67,68). The topological polar surface area (TPSA) is 44.9 Å². The fourth-order valence-corrected chi connectivity index (χ4v) is 13.6. The van der Waals surface area contributed by atoms with Crippen molar-refractivity contribution in [2.75, 3.05) is 4.90 Å². The summed E-state index contributed by atoms with van der Waals surface area (Å²) < 4.78 is 2.77. The number of para-hydroxylation sites is 1. The number of aromatic nitrogens is 1. The summed E-state index contributed by atoms with van der Waals surface area (Å²) in [7, 11) is 0. The number of nitrogens with zero attached hydrogens (tertiary/aromatic N) is 4. The van der Waals surface area contributed by atoms with Crippen LogP contribution in [0.25, 0.3) is 46.5 Å². The van der Waals surface area contributed by atoms with Crippen molar-refractivity contribution >= 4 is 63.8 Å². The van der Waals surface area contributed by atoms with Gasteiger partial charge in [0.2, 0.25) is 0 Å². The molecule has 2 aliphatic heterocycles. The van der Waals surface area contributed by atoms with E-state index in [1.807, 2.05) is 0 Å². The van der Waals surface area contributed by atoms with E-state index in [4.69, 9.17) is 9.98 Å². The summed E-state index contributed by atoms with van der Waals surface area (Å²) in [6.45, 7) is 0. The van der Waals surface area contributed by atoms with Gasteiger partial charge in [-0.15, -0.1) is 0 Å². The number of aryl methyl sites for hydroxylation is 1. The van der Waals surface area contributed by atoms with Crippen LogP contribution in [0.15, 0.2) is 196 Å². The van der Waals surface area contributed by atoms with Crippen LogP contribution in [0, 0.1) is 5.92 Å². The molecule has 70 heavy (non-hydrogen) atoms. The zero-order valence-electron chi connectivity index (χ0n) is 39.3. The number of aliphatic imine (C=N–C) groups is 2. The summed E-state index contributed by atoms with van der Waals surface area (Å²) in [5.74, 6) is 2.32. The second-order valence-corrected chi connectivity index (χ2v) is 20.4. The average Bonchev–Trinajstić information content (AvgIpc) is 3.95. The molecule has 0 saturated heterocycles. The lowest BCUT2D eigenvalue weighted by Crippen LogP contribution is -2.44. The summed E-state index contributed by atoms with van der Waals surface area (Å²) in [4.78, 5) is 13.7. The largest absolute Gasteiger partial charge is 0.345 e. The molecule has 0 spiro atoms. The minimum Gasteiger partial charge on any atom is -0.345 e. The molecule has 5 nitrogen and oxygen atoms in total.